The van der Waals surface area contributed by atoms with Crippen LogP contribution in [0.1, 0.15) is 25.6 Å². The zero-order chi connectivity index (χ0) is 10.7. The smallest absolute Gasteiger partial charge is 0.240 e. The molecule has 0 amide bonds. The molecule has 1 aliphatic heterocycles. The lowest BCUT2D eigenvalue weighted by Gasteiger charge is -2.32. The van der Waals surface area contributed by atoms with E-state index in [1.807, 2.05) is 6.92 Å². The van der Waals surface area contributed by atoms with Crippen LogP contribution in [-0.4, -0.2) is 40.7 Å². The summed E-state index contributed by atoms with van der Waals surface area (Å²) in [5.41, 5.74) is 0. The average molecular weight is 210 g/mol. The van der Waals surface area contributed by atoms with Gasteiger partial charge >= 0.3 is 0 Å². The van der Waals surface area contributed by atoms with Crippen LogP contribution >= 0.6 is 0 Å². The molecule has 5 heteroatoms. The van der Waals surface area contributed by atoms with Crippen molar-refractivity contribution in [2.24, 2.45) is 0 Å². The Morgan fingerprint density at radius 3 is 3.13 bits per heavy atom. The standard InChI is InChI=1S/C10H18N4O/c1-3-9-12-10(15-13-9)7-14-5-4-11-6-8(14)2/h8,11H,3-7H2,1-2H3/t8-/m0/s1. The molecule has 0 aromatic carbocycles. The number of aromatic nitrogens is 2. The van der Waals surface area contributed by atoms with Crippen LogP contribution in [0, 0.1) is 0 Å². The van der Waals surface area contributed by atoms with E-state index < -0.39 is 0 Å². The van der Waals surface area contributed by atoms with Gasteiger partial charge in [0.15, 0.2) is 5.82 Å². The number of nitrogens with one attached hydrogen (secondary N) is 1. The van der Waals surface area contributed by atoms with E-state index in [2.05, 4.69) is 27.3 Å². The highest BCUT2D eigenvalue weighted by Crippen LogP contribution is 2.08. The Kier molecular flexibility index (Phi) is 3.33. The highest BCUT2D eigenvalue weighted by Gasteiger charge is 2.20. The second-order valence-corrected chi connectivity index (χ2v) is 3.98. The summed E-state index contributed by atoms with van der Waals surface area (Å²) in [5, 5.41) is 7.26. The van der Waals surface area contributed by atoms with Gasteiger partial charge in [-0.2, -0.15) is 4.98 Å². The summed E-state index contributed by atoms with van der Waals surface area (Å²) in [6.07, 6.45) is 0.834. The highest BCUT2D eigenvalue weighted by atomic mass is 16.5. The molecule has 15 heavy (non-hydrogen) atoms. The lowest BCUT2D eigenvalue weighted by Crippen LogP contribution is -2.49. The third kappa shape index (κ3) is 2.54. The maximum atomic E-state index is 5.18. The van der Waals surface area contributed by atoms with Crippen LogP contribution in [-0.2, 0) is 13.0 Å². The summed E-state index contributed by atoms with van der Waals surface area (Å²) < 4.78 is 5.18. The molecule has 1 aliphatic rings. The fourth-order valence-corrected chi connectivity index (χ4v) is 1.79. The number of nitrogens with zero attached hydrogens (tertiary/aromatic N) is 3. The second-order valence-electron chi connectivity index (χ2n) is 3.98. The summed E-state index contributed by atoms with van der Waals surface area (Å²) in [4.78, 5) is 6.68. The molecule has 0 radical (unpaired) electrons. The van der Waals surface area contributed by atoms with Gasteiger partial charge in [-0.15, -0.1) is 0 Å². The van der Waals surface area contributed by atoms with E-state index in [4.69, 9.17) is 4.52 Å². The van der Waals surface area contributed by atoms with Crippen molar-refractivity contribution in [2.45, 2.75) is 32.9 Å². The Bertz CT molecular complexity index is 312. The number of rotatable bonds is 3. The van der Waals surface area contributed by atoms with Gasteiger partial charge in [-0.25, -0.2) is 0 Å². The Morgan fingerprint density at radius 1 is 1.60 bits per heavy atom. The second kappa shape index (κ2) is 4.72. The SMILES string of the molecule is CCc1noc(CN2CCNC[C@@H]2C)n1. The fraction of sp³-hybridized carbons (Fsp3) is 0.800. The van der Waals surface area contributed by atoms with Crippen LogP contribution in [0.4, 0.5) is 0 Å². The molecular formula is C10H18N4O. The maximum Gasteiger partial charge on any atom is 0.240 e. The molecule has 1 fully saturated rings. The Labute approximate surface area is 89.8 Å². The minimum Gasteiger partial charge on any atom is -0.338 e. The van der Waals surface area contributed by atoms with Gasteiger partial charge < -0.3 is 9.84 Å². The van der Waals surface area contributed by atoms with Crippen molar-refractivity contribution in [1.82, 2.24) is 20.4 Å². The van der Waals surface area contributed by atoms with Gasteiger partial charge in [-0.1, -0.05) is 12.1 Å². The van der Waals surface area contributed by atoms with Gasteiger partial charge in [0.05, 0.1) is 6.54 Å². The summed E-state index contributed by atoms with van der Waals surface area (Å²) in [6.45, 7) is 8.14. The zero-order valence-electron chi connectivity index (χ0n) is 9.36. The summed E-state index contributed by atoms with van der Waals surface area (Å²) >= 11 is 0. The summed E-state index contributed by atoms with van der Waals surface area (Å²) in [6, 6.07) is 0.538. The maximum absolute atomic E-state index is 5.18. The number of hydrogen-bond acceptors (Lipinski definition) is 5. The molecule has 0 spiro atoms. The van der Waals surface area contributed by atoms with Crippen molar-refractivity contribution in [1.29, 1.82) is 0 Å². The zero-order valence-corrected chi connectivity index (χ0v) is 9.36. The van der Waals surface area contributed by atoms with Crippen molar-refractivity contribution < 1.29 is 4.52 Å². The first-order valence-corrected chi connectivity index (χ1v) is 5.56. The molecule has 0 saturated carbocycles. The third-order valence-corrected chi connectivity index (χ3v) is 2.80. The highest BCUT2D eigenvalue weighted by molar-refractivity contribution is 4.87. The fourth-order valence-electron chi connectivity index (χ4n) is 1.79. The van der Waals surface area contributed by atoms with Crippen LogP contribution in [0.3, 0.4) is 0 Å². The lowest BCUT2D eigenvalue weighted by molar-refractivity contribution is 0.146. The Morgan fingerprint density at radius 2 is 2.47 bits per heavy atom. The van der Waals surface area contributed by atoms with Crippen molar-refractivity contribution in [3.63, 3.8) is 0 Å². The predicted octanol–water partition coefficient (Wildman–Crippen LogP) is 0.426. The van der Waals surface area contributed by atoms with E-state index >= 15 is 0 Å². The van der Waals surface area contributed by atoms with Gasteiger partial charge in [0.2, 0.25) is 5.89 Å². The van der Waals surface area contributed by atoms with Crippen LogP contribution in [0.15, 0.2) is 4.52 Å². The van der Waals surface area contributed by atoms with Crippen molar-refractivity contribution >= 4 is 0 Å². The Hall–Kier alpha value is -0.940. The molecule has 0 bridgehead atoms. The Balaban J connectivity index is 1.95. The first kappa shape index (κ1) is 10.6. The summed E-state index contributed by atoms with van der Waals surface area (Å²) in [5.74, 6) is 1.54. The normalized spacial score (nSPS) is 23.2. The van der Waals surface area contributed by atoms with Crippen molar-refractivity contribution in [3.05, 3.63) is 11.7 Å². The molecule has 0 aliphatic carbocycles. The van der Waals surface area contributed by atoms with E-state index in [-0.39, 0.29) is 0 Å². The monoisotopic (exact) mass is 210 g/mol. The van der Waals surface area contributed by atoms with Crippen LogP contribution in [0.2, 0.25) is 0 Å². The minimum atomic E-state index is 0.538. The van der Waals surface area contributed by atoms with Crippen LogP contribution in [0.5, 0.6) is 0 Å². The molecule has 1 aromatic rings. The molecule has 1 saturated heterocycles. The molecule has 2 heterocycles. The molecule has 2 rings (SSSR count). The van der Waals surface area contributed by atoms with E-state index in [9.17, 15) is 0 Å². The largest absolute Gasteiger partial charge is 0.338 e. The molecule has 1 atom stereocenters. The molecular weight excluding hydrogens is 192 g/mol. The number of piperazine rings is 1. The van der Waals surface area contributed by atoms with Gasteiger partial charge in [0.25, 0.3) is 0 Å². The van der Waals surface area contributed by atoms with Gasteiger partial charge in [0.1, 0.15) is 0 Å². The molecule has 0 unspecified atom stereocenters. The van der Waals surface area contributed by atoms with Gasteiger partial charge in [0, 0.05) is 32.1 Å². The van der Waals surface area contributed by atoms with Crippen molar-refractivity contribution in [2.75, 3.05) is 19.6 Å². The van der Waals surface area contributed by atoms with E-state index in [0.717, 1.165) is 44.3 Å². The first-order valence-electron chi connectivity index (χ1n) is 5.56. The topological polar surface area (TPSA) is 54.2 Å². The van der Waals surface area contributed by atoms with Gasteiger partial charge in [-0.05, 0) is 6.92 Å². The lowest BCUT2D eigenvalue weighted by atomic mass is 10.2. The minimum absolute atomic E-state index is 0.538. The third-order valence-electron chi connectivity index (χ3n) is 2.80. The van der Waals surface area contributed by atoms with Crippen LogP contribution < -0.4 is 5.32 Å². The van der Waals surface area contributed by atoms with Gasteiger partial charge in [-0.3, -0.25) is 4.90 Å². The van der Waals surface area contributed by atoms with E-state index in [1.165, 1.54) is 0 Å². The number of aryl methyl sites for hydroxylation is 1. The van der Waals surface area contributed by atoms with Crippen molar-refractivity contribution in [3.8, 4) is 0 Å². The van der Waals surface area contributed by atoms with E-state index in [0.29, 0.717) is 6.04 Å². The predicted molar refractivity (Wildman–Crippen MR) is 56.4 cm³/mol. The molecule has 1 aromatic heterocycles. The number of hydrogen-bond donors (Lipinski definition) is 1. The quantitative estimate of drug-likeness (QED) is 0.784. The molecule has 1 N–H and O–H groups in total. The first-order chi connectivity index (χ1) is 7.29. The summed E-state index contributed by atoms with van der Waals surface area (Å²) in [7, 11) is 0. The molecule has 5 nitrogen and oxygen atoms in total. The molecule has 84 valence electrons. The van der Waals surface area contributed by atoms with E-state index in [1.54, 1.807) is 0 Å². The van der Waals surface area contributed by atoms with Crippen LogP contribution in [0.25, 0.3) is 0 Å². The average Bonchev–Trinajstić information content (AvgIpc) is 2.69.